The van der Waals surface area contributed by atoms with Crippen molar-refractivity contribution in [1.29, 1.82) is 0 Å². The molecule has 0 spiro atoms. The Labute approximate surface area is 111 Å². The molecular formula is C12H26N2O3S. The molecule has 18 heavy (non-hydrogen) atoms. The summed E-state index contributed by atoms with van der Waals surface area (Å²) in [6.07, 6.45) is 3.85. The van der Waals surface area contributed by atoms with Crippen LogP contribution in [0.1, 0.15) is 39.5 Å². The van der Waals surface area contributed by atoms with Gasteiger partial charge in [0.05, 0.1) is 12.4 Å². The van der Waals surface area contributed by atoms with Gasteiger partial charge >= 0.3 is 0 Å². The molecule has 0 saturated heterocycles. The standard InChI is InChI=1S/C12H26N2O3S/c1-3-17-7-8-18(15,16)14-12(10-13)6-4-5-11(2)9-12/h11,14H,3-10,13H2,1-2H3. The molecule has 2 unspecified atom stereocenters. The molecule has 1 aliphatic carbocycles. The lowest BCUT2D eigenvalue weighted by Gasteiger charge is -2.39. The zero-order chi connectivity index (χ0) is 13.6. The van der Waals surface area contributed by atoms with Crippen molar-refractivity contribution in [3.63, 3.8) is 0 Å². The zero-order valence-corrected chi connectivity index (χ0v) is 12.3. The van der Waals surface area contributed by atoms with E-state index < -0.39 is 15.6 Å². The van der Waals surface area contributed by atoms with E-state index in [1.54, 1.807) is 0 Å². The molecule has 0 bridgehead atoms. The Hall–Kier alpha value is -0.170. The van der Waals surface area contributed by atoms with Crippen molar-refractivity contribution < 1.29 is 13.2 Å². The molecule has 0 aliphatic heterocycles. The van der Waals surface area contributed by atoms with Gasteiger partial charge in [0.15, 0.2) is 0 Å². The lowest BCUT2D eigenvalue weighted by molar-refractivity contribution is 0.162. The summed E-state index contributed by atoms with van der Waals surface area (Å²) in [7, 11) is -3.30. The van der Waals surface area contributed by atoms with Crippen LogP contribution in [0.5, 0.6) is 0 Å². The predicted octanol–water partition coefficient (Wildman–Crippen LogP) is 0.850. The topological polar surface area (TPSA) is 81.4 Å². The quantitative estimate of drug-likeness (QED) is 0.676. The maximum atomic E-state index is 12.0. The van der Waals surface area contributed by atoms with Gasteiger partial charge in [-0.3, -0.25) is 0 Å². The lowest BCUT2D eigenvalue weighted by Crippen LogP contribution is -2.56. The highest BCUT2D eigenvalue weighted by Gasteiger charge is 2.36. The van der Waals surface area contributed by atoms with E-state index in [4.69, 9.17) is 10.5 Å². The van der Waals surface area contributed by atoms with Crippen LogP contribution in [0.3, 0.4) is 0 Å². The fraction of sp³-hybridized carbons (Fsp3) is 1.00. The molecule has 0 aromatic carbocycles. The van der Waals surface area contributed by atoms with Gasteiger partial charge in [-0.25, -0.2) is 13.1 Å². The van der Waals surface area contributed by atoms with Crippen molar-refractivity contribution in [2.75, 3.05) is 25.5 Å². The molecule has 0 heterocycles. The second-order valence-corrected chi connectivity index (χ2v) is 7.15. The van der Waals surface area contributed by atoms with Crippen LogP contribution in [-0.2, 0) is 14.8 Å². The van der Waals surface area contributed by atoms with Crippen LogP contribution in [0.15, 0.2) is 0 Å². The lowest BCUT2D eigenvalue weighted by atomic mass is 9.77. The van der Waals surface area contributed by atoms with E-state index >= 15 is 0 Å². The minimum absolute atomic E-state index is 0.0109. The Balaban J connectivity index is 2.61. The first kappa shape index (κ1) is 15.9. The van der Waals surface area contributed by atoms with Crippen LogP contribution in [0.2, 0.25) is 0 Å². The minimum Gasteiger partial charge on any atom is -0.381 e. The summed E-state index contributed by atoms with van der Waals surface area (Å²) < 4.78 is 31.9. The van der Waals surface area contributed by atoms with Crippen LogP contribution >= 0.6 is 0 Å². The Morgan fingerprint density at radius 2 is 2.22 bits per heavy atom. The molecule has 5 nitrogen and oxygen atoms in total. The summed E-state index contributed by atoms with van der Waals surface area (Å²) in [6, 6.07) is 0. The third-order valence-electron chi connectivity index (χ3n) is 3.55. The van der Waals surface area contributed by atoms with Gasteiger partial charge in [0.25, 0.3) is 0 Å². The van der Waals surface area contributed by atoms with Gasteiger partial charge in [0, 0.05) is 18.7 Å². The van der Waals surface area contributed by atoms with E-state index in [0.717, 1.165) is 25.7 Å². The van der Waals surface area contributed by atoms with Crippen molar-refractivity contribution in [3.8, 4) is 0 Å². The normalized spacial score (nSPS) is 29.4. The summed E-state index contributed by atoms with van der Waals surface area (Å²) in [5.74, 6) is 0.536. The maximum Gasteiger partial charge on any atom is 0.214 e. The third-order valence-corrected chi connectivity index (χ3v) is 5.00. The summed E-state index contributed by atoms with van der Waals surface area (Å²) in [6.45, 7) is 5.14. The molecule has 1 fully saturated rings. The van der Waals surface area contributed by atoms with E-state index in [1.807, 2.05) is 6.92 Å². The molecule has 108 valence electrons. The minimum atomic E-state index is -3.30. The van der Waals surface area contributed by atoms with E-state index in [1.165, 1.54) is 0 Å². The van der Waals surface area contributed by atoms with Gasteiger partial charge < -0.3 is 10.5 Å². The highest BCUT2D eigenvalue weighted by molar-refractivity contribution is 7.89. The van der Waals surface area contributed by atoms with Gasteiger partial charge in [0.1, 0.15) is 0 Å². The molecule has 1 saturated carbocycles. The van der Waals surface area contributed by atoms with E-state index in [9.17, 15) is 8.42 Å². The van der Waals surface area contributed by atoms with Crippen molar-refractivity contribution in [2.24, 2.45) is 11.7 Å². The number of nitrogens with one attached hydrogen (secondary N) is 1. The van der Waals surface area contributed by atoms with E-state index in [-0.39, 0.29) is 12.4 Å². The number of hydrogen-bond donors (Lipinski definition) is 2. The molecule has 0 radical (unpaired) electrons. The van der Waals surface area contributed by atoms with Crippen molar-refractivity contribution in [1.82, 2.24) is 4.72 Å². The van der Waals surface area contributed by atoms with Gasteiger partial charge in [-0.15, -0.1) is 0 Å². The van der Waals surface area contributed by atoms with Gasteiger partial charge in [-0.2, -0.15) is 0 Å². The highest BCUT2D eigenvalue weighted by atomic mass is 32.2. The molecular weight excluding hydrogens is 252 g/mol. The fourth-order valence-corrected chi connectivity index (χ4v) is 4.04. The first-order valence-corrected chi connectivity index (χ1v) is 8.38. The molecule has 0 aromatic heterocycles. The number of sulfonamides is 1. The second kappa shape index (κ2) is 6.84. The summed E-state index contributed by atoms with van der Waals surface area (Å²) >= 11 is 0. The number of rotatable bonds is 7. The molecule has 1 aliphatic rings. The summed E-state index contributed by atoms with van der Waals surface area (Å²) in [5.41, 5.74) is 5.36. The summed E-state index contributed by atoms with van der Waals surface area (Å²) in [4.78, 5) is 0. The van der Waals surface area contributed by atoms with Crippen LogP contribution < -0.4 is 10.5 Å². The molecule has 0 aromatic rings. The van der Waals surface area contributed by atoms with Crippen LogP contribution in [-0.4, -0.2) is 39.5 Å². The van der Waals surface area contributed by atoms with Crippen molar-refractivity contribution in [3.05, 3.63) is 0 Å². The van der Waals surface area contributed by atoms with Gasteiger partial charge in [-0.05, 0) is 25.7 Å². The average Bonchev–Trinajstić information content (AvgIpc) is 2.28. The number of hydrogen-bond acceptors (Lipinski definition) is 4. The molecule has 0 amide bonds. The highest BCUT2D eigenvalue weighted by Crippen LogP contribution is 2.32. The number of ether oxygens (including phenoxy) is 1. The zero-order valence-electron chi connectivity index (χ0n) is 11.4. The van der Waals surface area contributed by atoms with Crippen molar-refractivity contribution in [2.45, 2.75) is 45.1 Å². The molecule has 6 heteroatoms. The second-order valence-electron chi connectivity index (χ2n) is 5.30. The molecule has 2 atom stereocenters. The van der Waals surface area contributed by atoms with Gasteiger partial charge in [0.2, 0.25) is 10.0 Å². The Kier molecular flexibility index (Phi) is 6.04. The monoisotopic (exact) mass is 278 g/mol. The van der Waals surface area contributed by atoms with Crippen LogP contribution in [0, 0.1) is 5.92 Å². The average molecular weight is 278 g/mol. The van der Waals surface area contributed by atoms with Crippen LogP contribution in [0.4, 0.5) is 0 Å². The fourth-order valence-electron chi connectivity index (χ4n) is 2.67. The maximum absolute atomic E-state index is 12.0. The van der Waals surface area contributed by atoms with E-state index in [2.05, 4.69) is 11.6 Å². The number of nitrogens with two attached hydrogens (primary N) is 1. The first-order valence-electron chi connectivity index (χ1n) is 6.72. The third kappa shape index (κ3) is 4.84. The Morgan fingerprint density at radius 3 is 2.78 bits per heavy atom. The molecule has 1 rings (SSSR count). The molecule has 3 N–H and O–H groups in total. The smallest absolute Gasteiger partial charge is 0.214 e. The largest absolute Gasteiger partial charge is 0.381 e. The Bertz CT molecular complexity index is 345. The Morgan fingerprint density at radius 1 is 1.50 bits per heavy atom. The first-order chi connectivity index (χ1) is 8.43. The van der Waals surface area contributed by atoms with Crippen LogP contribution in [0.25, 0.3) is 0 Å². The van der Waals surface area contributed by atoms with Crippen molar-refractivity contribution >= 4 is 10.0 Å². The summed E-state index contributed by atoms with van der Waals surface area (Å²) in [5, 5.41) is 0. The SMILES string of the molecule is CCOCCS(=O)(=O)NC1(CN)CCCC(C)C1. The van der Waals surface area contributed by atoms with Gasteiger partial charge in [-0.1, -0.05) is 19.8 Å². The predicted molar refractivity (Wildman–Crippen MR) is 72.8 cm³/mol. The van der Waals surface area contributed by atoms with E-state index in [0.29, 0.717) is 19.1 Å².